The molecule has 5 rings (SSSR count). The molecule has 0 saturated carbocycles. The van der Waals surface area contributed by atoms with E-state index in [1.165, 1.54) is 4.88 Å². The van der Waals surface area contributed by atoms with E-state index < -0.39 is 5.92 Å². The zero-order valence-corrected chi connectivity index (χ0v) is 19.8. The summed E-state index contributed by atoms with van der Waals surface area (Å²) in [5, 5.41) is 25.0. The summed E-state index contributed by atoms with van der Waals surface area (Å²) < 4.78 is 0. The summed E-state index contributed by atoms with van der Waals surface area (Å²) >= 11 is 3.15. The van der Waals surface area contributed by atoms with E-state index in [1.54, 1.807) is 22.7 Å². The number of anilines is 1. The van der Waals surface area contributed by atoms with Crippen LogP contribution < -0.4 is 10.6 Å². The monoisotopic (exact) mass is 460 g/mol. The lowest BCUT2D eigenvalue weighted by atomic mass is 9.69. The molecule has 7 heteroatoms. The van der Waals surface area contributed by atoms with E-state index in [0.29, 0.717) is 35.4 Å². The van der Waals surface area contributed by atoms with Crippen LogP contribution in [0.4, 0.5) is 5.00 Å². The number of carbonyl (C=O) groups excluding carboxylic acids is 1. The van der Waals surface area contributed by atoms with Crippen molar-refractivity contribution in [2.75, 3.05) is 4.90 Å². The number of carbonyl (C=O) groups is 1. The maximum Gasteiger partial charge on any atom is 0.162 e. The lowest BCUT2D eigenvalue weighted by Gasteiger charge is -2.43. The van der Waals surface area contributed by atoms with Gasteiger partial charge >= 0.3 is 0 Å². The molecule has 5 nitrogen and oxygen atoms in total. The summed E-state index contributed by atoms with van der Waals surface area (Å²) in [6, 6.07) is 6.71. The molecule has 162 valence electrons. The van der Waals surface area contributed by atoms with Crippen LogP contribution in [0, 0.1) is 28.1 Å². The van der Waals surface area contributed by atoms with Crippen molar-refractivity contribution in [3.63, 3.8) is 0 Å². The number of nitrogens with two attached hydrogens (primary N) is 1. The van der Waals surface area contributed by atoms with Gasteiger partial charge in [0.15, 0.2) is 5.78 Å². The van der Waals surface area contributed by atoms with Crippen LogP contribution in [0.25, 0.3) is 0 Å². The molecular weight excluding hydrogens is 436 g/mol. The van der Waals surface area contributed by atoms with E-state index in [0.717, 1.165) is 47.5 Å². The number of Topliss-reactive ketones (excluding diaryl/α,β-unsaturated/α-hetero) is 1. The molecule has 3 heterocycles. The van der Waals surface area contributed by atoms with Crippen LogP contribution in [-0.2, 0) is 17.6 Å². The fourth-order valence-electron chi connectivity index (χ4n) is 5.34. The number of hydrogen-bond acceptors (Lipinski definition) is 7. The topological polar surface area (TPSA) is 93.9 Å². The highest BCUT2D eigenvalue weighted by Gasteiger charge is 2.45. The minimum Gasteiger partial charge on any atom is -0.384 e. The fraction of sp³-hybridized carbons (Fsp3) is 0.400. The number of allylic oxidation sites excluding steroid dienone is 3. The second kappa shape index (κ2) is 7.62. The van der Waals surface area contributed by atoms with Gasteiger partial charge in [0.2, 0.25) is 0 Å². The summed E-state index contributed by atoms with van der Waals surface area (Å²) in [7, 11) is 0. The SMILES string of the molecule is CC1(C)CC(=O)C2=C(C1)N(c1sc3c(c1C#N)CCCC3)C(N)=C(C#N)[C@H]2c1ccsc1. The molecule has 0 spiro atoms. The Labute approximate surface area is 196 Å². The van der Waals surface area contributed by atoms with E-state index in [1.807, 2.05) is 21.7 Å². The van der Waals surface area contributed by atoms with Gasteiger partial charge < -0.3 is 5.73 Å². The van der Waals surface area contributed by atoms with Crippen molar-refractivity contribution in [2.45, 2.75) is 58.3 Å². The van der Waals surface area contributed by atoms with Crippen LogP contribution in [0.15, 0.2) is 39.5 Å². The quantitative estimate of drug-likeness (QED) is 0.638. The number of nitriles is 2. The Balaban J connectivity index is 1.79. The van der Waals surface area contributed by atoms with Gasteiger partial charge in [0.1, 0.15) is 16.9 Å². The summed E-state index contributed by atoms with van der Waals surface area (Å²) in [6.45, 7) is 4.19. The van der Waals surface area contributed by atoms with Gasteiger partial charge in [-0.25, -0.2) is 0 Å². The highest BCUT2D eigenvalue weighted by atomic mass is 32.1. The van der Waals surface area contributed by atoms with E-state index in [9.17, 15) is 15.3 Å². The first kappa shape index (κ1) is 21.0. The normalized spacial score (nSPS) is 22.3. The predicted octanol–water partition coefficient (Wildman–Crippen LogP) is 5.50. The highest BCUT2D eigenvalue weighted by Crippen LogP contribution is 2.52. The smallest absolute Gasteiger partial charge is 0.162 e. The first-order valence-corrected chi connectivity index (χ1v) is 12.6. The van der Waals surface area contributed by atoms with Gasteiger partial charge in [-0.15, -0.1) is 11.3 Å². The van der Waals surface area contributed by atoms with E-state index in [-0.39, 0.29) is 11.2 Å². The molecule has 0 bridgehead atoms. The number of rotatable bonds is 2. The van der Waals surface area contributed by atoms with Crippen LogP contribution in [-0.4, -0.2) is 5.78 Å². The molecule has 2 aromatic rings. The van der Waals surface area contributed by atoms with Crippen LogP contribution in [0.2, 0.25) is 0 Å². The molecule has 1 atom stereocenters. The van der Waals surface area contributed by atoms with Crippen LogP contribution in [0.3, 0.4) is 0 Å². The van der Waals surface area contributed by atoms with Gasteiger partial charge in [0.25, 0.3) is 0 Å². The Morgan fingerprint density at radius 3 is 2.66 bits per heavy atom. The van der Waals surface area contributed by atoms with Gasteiger partial charge in [0.05, 0.1) is 23.1 Å². The maximum atomic E-state index is 13.5. The predicted molar refractivity (Wildman–Crippen MR) is 127 cm³/mol. The van der Waals surface area contributed by atoms with Crippen molar-refractivity contribution in [1.29, 1.82) is 10.5 Å². The minimum absolute atomic E-state index is 0.0672. The van der Waals surface area contributed by atoms with Gasteiger partial charge in [-0.05, 0) is 65.5 Å². The second-order valence-corrected chi connectivity index (χ2v) is 11.4. The molecule has 2 aliphatic carbocycles. The lowest BCUT2D eigenvalue weighted by molar-refractivity contribution is -0.118. The van der Waals surface area contributed by atoms with Gasteiger partial charge in [-0.2, -0.15) is 21.9 Å². The average molecular weight is 461 g/mol. The van der Waals surface area contributed by atoms with Gasteiger partial charge in [-0.3, -0.25) is 9.69 Å². The Morgan fingerprint density at radius 1 is 1.19 bits per heavy atom. The molecule has 0 aromatic carbocycles. The van der Waals surface area contributed by atoms with Gasteiger partial charge in [-0.1, -0.05) is 13.8 Å². The average Bonchev–Trinajstić information content (AvgIpc) is 3.39. The summed E-state index contributed by atoms with van der Waals surface area (Å²) in [4.78, 5) is 16.6. The molecule has 0 fully saturated rings. The third kappa shape index (κ3) is 3.11. The first-order valence-electron chi connectivity index (χ1n) is 10.9. The van der Waals surface area contributed by atoms with Crippen LogP contribution in [0.1, 0.15) is 67.0 Å². The number of nitrogens with zero attached hydrogens (tertiary/aromatic N) is 3. The number of ketones is 1. The molecule has 0 radical (unpaired) electrons. The van der Waals surface area contributed by atoms with E-state index in [2.05, 4.69) is 26.0 Å². The van der Waals surface area contributed by atoms with Crippen molar-refractivity contribution in [2.24, 2.45) is 11.1 Å². The Hall–Kier alpha value is -2.87. The second-order valence-electron chi connectivity index (χ2n) is 9.54. The van der Waals surface area contributed by atoms with Crippen molar-refractivity contribution in [1.82, 2.24) is 0 Å². The Morgan fingerprint density at radius 2 is 1.97 bits per heavy atom. The first-order chi connectivity index (χ1) is 15.4. The zero-order chi connectivity index (χ0) is 22.6. The van der Waals surface area contributed by atoms with Gasteiger partial charge in [0, 0.05) is 22.6 Å². The number of hydrogen-bond donors (Lipinski definition) is 1. The van der Waals surface area contributed by atoms with Crippen LogP contribution in [0.5, 0.6) is 0 Å². The third-order valence-corrected chi connectivity index (χ3v) is 8.70. The third-order valence-electron chi connectivity index (χ3n) is 6.73. The number of fused-ring (bicyclic) bond motifs is 1. The Kier molecular flexibility index (Phi) is 5.00. The molecular formula is C25H24N4OS2. The molecule has 3 aliphatic rings. The molecule has 0 saturated heterocycles. The number of aryl methyl sites for hydroxylation is 1. The summed E-state index contributed by atoms with van der Waals surface area (Å²) in [5.74, 6) is -0.0261. The molecule has 2 N–H and O–H groups in total. The minimum atomic E-state index is -0.443. The Bertz CT molecular complexity index is 1260. The van der Waals surface area contributed by atoms with Crippen molar-refractivity contribution < 1.29 is 4.79 Å². The molecule has 2 aromatic heterocycles. The zero-order valence-electron chi connectivity index (χ0n) is 18.2. The standard InChI is InChI=1S/C25H24N4OS2/c1-25(2)9-18-22(19(30)10-25)21(14-7-8-31-13-14)17(12-27)23(28)29(18)24-16(11-26)15-5-3-4-6-20(15)32-24/h7-8,13,21H,3-6,9-10,28H2,1-2H3/t21-/m1/s1. The molecule has 32 heavy (non-hydrogen) atoms. The lowest BCUT2D eigenvalue weighted by Crippen LogP contribution is -2.42. The molecule has 1 aliphatic heterocycles. The highest BCUT2D eigenvalue weighted by molar-refractivity contribution is 7.16. The largest absolute Gasteiger partial charge is 0.384 e. The van der Waals surface area contributed by atoms with E-state index >= 15 is 0 Å². The molecule has 0 amide bonds. The van der Waals surface area contributed by atoms with Crippen molar-refractivity contribution >= 4 is 33.5 Å². The van der Waals surface area contributed by atoms with Crippen molar-refractivity contribution in [3.05, 3.63) is 61.1 Å². The molecule has 0 unspecified atom stereocenters. The summed E-state index contributed by atoms with van der Waals surface area (Å²) in [5.41, 5.74) is 11.1. The van der Waals surface area contributed by atoms with E-state index in [4.69, 9.17) is 5.73 Å². The number of thiophene rings is 2. The van der Waals surface area contributed by atoms with Crippen molar-refractivity contribution in [3.8, 4) is 12.1 Å². The maximum absolute atomic E-state index is 13.5. The van der Waals surface area contributed by atoms with Crippen LogP contribution >= 0.6 is 22.7 Å². The fourth-order valence-corrected chi connectivity index (χ4v) is 7.40. The summed E-state index contributed by atoms with van der Waals surface area (Å²) in [6.07, 6.45) is 5.15.